The molecule has 10 heavy (non-hydrogen) atoms. The van der Waals surface area contributed by atoms with Gasteiger partial charge in [0.05, 0.1) is 6.10 Å². The van der Waals surface area contributed by atoms with Gasteiger partial charge in [0.15, 0.2) is 0 Å². The van der Waals surface area contributed by atoms with Gasteiger partial charge in [-0.3, -0.25) is 0 Å². The zero-order chi connectivity index (χ0) is 7.14. The van der Waals surface area contributed by atoms with Crippen molar-refractivity contribution in [2.75, 3.05) is 0 Å². The highest BCUT2D eigenvalue weighted by atomic mass is 35.5. The summed E-state index contributed by atoms with van der Waals surface area (Å²) in [5, 5.41) is 10.1. The summed E-state index contributed by atoms with van der Waals surface area (Å²) in [7, 11) is 0. The van der Waals surface area contributed by atoms with E-state index in [4.69, 9.17) is 11.6 Å². The molecule has 0 amide bonds. The molecule has 0 heterocycles. The first-order valence-electron chi connectivity index (χ1n) is 3.82. The molecule has 0 spiro atoms. The average molecular weight is 159 g/mol. The Bertz CT molecular complexity index is 176. The normalized spacial score (nSPS) is 45.4. The van der Waals surface area contributed by atoms with Gasteiger partial charge in [0.2, 0.25) is 0 Å². The first-order chi connectivity index (χ1) is 4.77. The number of aliphatic hydroxyl groups is 1. The van der Waals surface area contributed by atoms with E-state index in [-0.39, 0.29) is 6.10 Å². The lowest BCUT2D eigenvalue weighted by molar-refractivity contribution is 0.144. The van der Waals surface area contributed by atoms with Crippen LogP contribution in [0, 0.1) is 11.8 Å². The predicted octanol–water partition coefficient (Wildman–Crippen LogP) is 1.90. The Morgan fingerprint density at radius 3 is 3.10 bits per heavy atom. The maximum atomic E-state index is 9.46. The van der Waals surface area contributed by atoms with E-state index in [2.05, 4.69) is 0 Å². The summed E-state index contributed by atoms with van der Waals surface area (Å²) in [4.78, 5) is 0. The predicted molar refractivity (Wildman–Crippen MR) is 40.8 cm³/mol. The number of rotatable bonds is 0. The Labute approximate surface area is 65.7 Å². The fraction of sp³-hybridized carbons (Fsp3) is 0.750. The number of halogens is 1. The summed E-state index contributed by atoms with van der Waals surface area (Å²) < 4.78 is 0. The van der Waals surface area contributed by atoms with Crippen molar-refractivity contribution >= 4 is 11.6 Å². The molecule has 2 rings (SSSR count). The second-order valence-electron chi connectivity index (χ2n) is 3.33. The van der Waals surface area contributed by atoms with Crippen LogP contribution in [0.25, 0.3) is 0 Å². The minimum atomic E-state index is -0.347. The highest BCUT2D eigenvalue weighted by Gasteiger charge is 2.34. The van der Waals surface area contributed by atoms with E-state index < -0.39 is 0 Å². The monoisotopic (exact) mass is 158 g/mol. The van der Waals surface area contributed by atoms with E-state index in [0.717, 1.165) is 12.8 Å². The summed E-state index contributed by atoms with van der Waals surface area (Å²) >= 11 is 5.81. The molecule has 0 aliphatic heterocycles. The molecule has 1 fully saturated rings. The number of hydrogen-bond acceptors (Lipinski definition) is 1. The van der Waals surface area contributed by atoms with Crippen molar-refractivity contribution in [1.82, 2.24) is 0 Å². The van der Waals surface area contributed by atoms with Crippen molar-refractivity contribution in [2.45, 2.75) is 25.4 Å². The summed E-state index contributed by atoms with van der Waals surface area (Å²) in [6.07, 6.45) is 5.20. The van der Waals surface area contributed by atoms with Crippen molar-refractivity contribution in [3.8, 4) is 0 Å². The Hall–Kier alpha value is -0.0100. The molecule has 0 saturated heterocycles. The van der Waals surface area contributed by atoms with Crippen LogP contribution < -0.4 is 0 Å². The number of aliphatic hydroxyl groups excluding tert-OH is 1. The number of fused-ring (bicyclic) bond motifs is 2. The zero-order valence-corrected chi connectivity index (χ0v) is 6.51. The van der Waals surface area contributed by atoms with Crippen LogP contribution in [0.1, 0.15) is 19.3 Å². The smallest absolute Gasteiger partial charge is 0.0920 e. The van der Waals surface area contributed by atoms with Crippen molar-refractivity contribution in [3.05, 3.63) is 11.1 Å². The summed E-state index contributed by atoms with van der Waals surface area (Å²) in [6.45, 7) is 0. The lowest BCUT2D eigenvalue weighted by atomic mass is 9.93. The molecule has 2 aliphatic rings. The van der Waals surface area contributed by atoms with Crippen molar-refractivity contribution in [3.63, 3.8) is 0 Å². The Balaban J connectivity index is 2.25. The summed E-state index contributed by atoms with van der Waals surface area (Å²) in [6, 6.07) is 0. The third-order valence-corrected chi connectivity index (χ3v) is 2.99. The van der Waals surface area contributed by atoms with E-state index in [1.165, 1.54) is 6.42 Å². The van der Waals surface area contributed by atoms with Crippen LogP contribution in [-0.4, -0.2) is 11.2 Å². The minimum Gasteiger partial charge on any atom is -0.387 e. The first-order valence-corrected chi connectivity index (χ1v) is 4.20. The van der Waals surface area contributed by atoms with Gasteiger partial charge in [-0.1, -0.05) is 17.7 Å². The van der Waals surface area contributed by atoms with Crippen LogP contribution in [0.2, 0.25) is 0 Å². The molecule has 2 bridgehead atoms. The van der Waals surface area contributed by atoms with E-state index in [0.29, 0.717) is 16.9 Å². The fourth-order valence-electron chi connectivity index (χ4n) is 2.04. The molecule has 0 radical (unpaired) electrons. The Kier molecular flexibility index (Phi) is 1.50. The summed E-state index contributed by atoms with van der Waals surface area (Å²) in [5.74, 6) is 1.13. The topological polar surface area (TPSA) is 20.2 Å². The molecule has 0 aromatic rings. The van der Waals surface area contributed by atoms with Crippen molar-refractivity contribution < 1.29 is 5.11 Å². The molecule has 2 heteroatoms. The van der Waals surface area contributed by atoms with Gasteiger partial charge in [-0.05, 0) is 31.1 Å². The number of hydrogen-bond donors (Lipinski definition) is 1. The van der Waals surface area contributed by atoms with Gasteiger partial charge in [-0.2, -0.15) is 0 Å². The van der Waals surface area contributed by atoms with Crippen LogP contribution in [-0.2, 0) is 0 Å². The fourth-order valence-corrected chi connectivity index (χ4v) is 2.40. The SMILES string of the molecule is O[C@H]1C(Cl)=C[C@@H]2CC[C@H]1C2. The molecule has 1 nitrogen and oxygen atoms in total. The van der Waals surface area contributed by atoms with Crippen molar-refractivity contribution in [2.24, 2.45) is 11.8 Å². The molecule has 0 aromatic heterocycles. The van der Waals surface area contributed by atoms with E-state index in [1.807, 2.05) is 6.08 Å². The van der Waals surface area contributed by atoms with E-state index in [9.17, 15) is 5.11 Å². The van der Waals surface area contributed by atoms with Gasteiger partial charge in [0, 0.05) is 5.03 Å². The second-order valence-corrected chi connectivity index (χ2v) is 3.77. The van der Waals surface area contributed by atoms with Crippen molar-refractivity contribution in [1.29, 1.82) is 0 Å². The highest BCUT2D eigenvalue weighted by Crippen LogP contribution is 2.41. The summed E-state index contributed by atoms with van der Waals surface area (Å²) in [5.41, 5.74) is 0. The molecule has 56 valence electrons. The molecule has 2 aliphatic carbocycles. The zero-order valence-electron chi connectivity index (χ0n) is 5.76. The molecule has 1 N–H and O–H groups in total. The third-order valence-electron chi connectivity index (χ3n) is 2.64. The maximum absolute atomic E-state index is 9.46. The largest absolute Gasteiger partial charge is 0.387 e. The molecule has 0 unspecified atom stereocenters. The van der Waals surface area contributed by atoms with Crippen LogP contribution in [0.15, 0.2) is 11.1 Å². The van der Waals surface area contributed by atoms with Crippen LogP contribution in [0.5, 0.6) is 0 Å². The molecular formula is C8H11ClO. The lowest BCUT2D eigenvalue weighted by Crippen LogP contribution is -2.21. The quantitative estimate of drug-likeness (QED) is 0.571. The van der Waals surface area contributed by atoms with Gasteiger partial charge in [-0.25, -0.2) is 0 Å². The average Bonchev–Trinajstić information content (AvgIpc) is 2.29. The Morgan fingerprint density at radius 2 is 2.30 bits per heavy atom. The van der Waals surface area contributed by atoms with Crippen LogP contribution in [0.3, 0.4) is 0 Å². The second kappa shape index (κ2) is 2.24. The third kappa shape index (κ3) is 0.886. The van der Waals surface area contributed by atoms with Crippen LogP contribution >= 0.6 is 11.6 Å². The highest BCUT2D eigenvalue weighted by molar-refractivity contribution is 6.30. The lowest BCUT2D eigenvalue weighted by Gasteiger charge is -2.21. The molecule has 3 atom stereocenters. The minimum absolute atomic E-state index is 0.347. The van der Waals surface area contributed by atoms with Gasteiger partial charge in [-0.15, -0.1) is 0 Å². The molecule has 0 aromatic carbocycles. The standard InChI is InChI=1S/C8H11ClO/c9-7-4-5-1-2-6(3-5)8(7)10/h4-6,8,10H,1-3H2/t5-,6+,8-/m1/s1. The van der Waals surface area contributed by atoms with Gasteiger partial charge < -0.3 is 5.11 Å². The number of allylic oxidation sites excluding steroid dienone is 1. The maximum Gasteiger partial charge on any atom is 0.0920 e. The van der Waals surface area contributed by atoms with E-state index >= 15 is 0 Å². The van der Waals surface area contributed by atoms with Crippen LogP contribution in [0.4, 0.5) is 0 Å². The van der Waals surface area contributed by atoms with Gasteiger partial charge >= 0.3 is 0 Å². The molecule has 1 saturated carbocycles. The first kappa shape index (κ1) is 6.68. The molecular weight excluding hydrogens is 148 g/mol. The van der Waals surface area contributed by atoms with Gasteiger partial charge in [0.25, 0.3) is 0 Å². The van der Waals surface area contributed by atoms with E-state index in [1.54, 1.807) is 0 Å². The van der Waals surface area contributed by atoms with Gasteiger partial charge in [0.1, 0.15) is 0 Å². The Morgan fingerprint density at radius 1 is 1.50 bits per heavy atom.